The van der Waals surface area contributed by atoms with E-state index in [4.69, 9.17) is 9.57 Å². The lowest BCUT2D eigenvalue weighted by molar-refractivity contribution is -0.123. The van der Waals surface area contributed by atoms with E-state index in [9.17, 15) is 4.79 Å². The Labute approximate surface area is 182 Å². The van der Waals surface area contributed by atoms with Gasteiger partial charge < -0.3 is 19.4 Å². The molecule has 0 radical (unpaired) electrons. The van der Waals surface area contributed by atoms with Crippen molar-refractivity contribution in [2.45, 2.75) is 6.92 Å². The number of nitrogens with zero attached hydrogens (tertiary/aromatic N) is 3. The fraction of sp³-hybridized carbons (Fsp3) is 0.280. The second kappa shape index (κ2) is 10.1. The second-order valence-electron chi connectivity index (χ2n) is 7.34. The van der Waals surface area contributed by atoms with Crippen LogP contribution in [-0.4, -0.2) is 51.6 Å². The van der Waals surface area contributed by atoms with Crippen LogP contribution < -0.4 is 9.80 Å². The van der Waals surface area contributed by atoms with Gasteiger partial charge in [0.2, 0.25) is 0 Å². The molecule has 6 heteroatoms. The number of anilines is 2. The molecule has 3 aromatic carbocycles. The van der Waals surface area contributed by atoms with E-state index in [1.54, 1.807) is 11.1 Å². The fourth-order valence-corrected chi connectivity index (χ4v) is 3.79. The van der Waals surface area contributed by atoms with Crippen molar-refractivity contribution >= 4 is 34.3 Å². The van der Waals surface area contributed by atoms with Crippen molar-refractivity contribution in [1.29, 1.82) is 0 Å². The molecule has 4 rings (SSSR count). The van der Waals surface area contributed by atoms with E-state index in [0.717, 1.165) is 48.3 Å². The third kappa shape index (κ3) is 5.03. The molecule has 1 aliphatic rings. The van der Waals surface area contributed by atoms with Gasteiger partial charge in [-0.25, -0.2) is 0 Å². The van der Waals surface area contributed by atoms with Crippen LogP contribution in [0.15, 0.2) is 71.9 Å². The number of fused-ring (bicyclic) bond motifs is 1. The monoisotopic (exact) mass is 417 g/mol. The predicted molar refractivity (Wildman–Crippen MR) is 125 cm³/mol. The Morgan fingerprint density at radius 3 is 2.58 bits per heavy atom. The average Bonchev–Trinajstić information content (AvgIpc) is 2.83. The summed E-state index contributed by atoms with van der Waals surface area (Å²) in [6.07, 6.45) is 1.63. The molecule has 1 fully saturated rings. The number of carbonyl (C=O) groups is 1. The van der Waals surface area contributed by atoms with Gasteiger partial charge >= 0.3 is 0 Å². The van der Waals surface area contributed by atoms with E-state index in [1.165, 1.54) is 5.69 Å². The van der Waals surface area contributed by atoms with Gasteiger partial charge in [-0.3, -0.25) is 4.79 Å². The molecule has 0 saturated carbocycles. The molecule has 1 aliphatic heterocycles. The number of rotatable bonds is 7. The Morgan fingerprint density at radius 2 is 1.81 bits per heavy atom. The van der Waals surface area contributed by atoms with Gasteiger partial charge in [0, 0.05) is 30.7 Å². The van der Waals surface area contributed by atoms with Crippen LogP contribution in [0.1, 0.15) is 12.5 Å². The molecule has 0 atom stereocenters. The van der Waals surface area contributed by atoms with Crippen LogP contribution in [0.2, 0.25) is 0 Å². The first kappa shape index (κ1) is 20.9. The lowest BCUT2D eigenvalue weighted by atomic mass is 10.1. The number of ether oxygens (including phenoxy) is 1. The molecule has 31 heavy (non-hydrogen) atoms. The lowest BCUT2D eigenvalue weighted by Crippen LogP contribution is -2.36. The predicted octanol–water partition coefficient (Wildman–Crippen LogP) is 4.08. The third-order valence-electron chi connectivity index (χ3n) is 5.41. The summed E-state index contributed by atoms with van der Waals surface area (Å²) < 4.78 is 5.39. The van der Waals surface area contributed by atoms with E-state index in [2.05, 4.69) is 22.2 Å². The molecule has 0 bridgehead atoms. The van der Waals surface area contributed by atoms with Gasteiger partial charge in [0.15, 0.2) is 6.61 Å². The van der Waals surface area contributed by atoms with Gasteiger partial charge in [0.05, 0.1) is 25.1 Å². The van der Waals surface area contributed by atoms with Crippen molar-refractivity contribution in [1.82, 2.24) is 0 Å². The molecule has 1 heterocycles. The number of morpholine rings is 1. The number of carbonyl (C=O) groups excluding carboxylic acids is 1. The maximum absolute atomic E-state index is 12.8. The molecule has 0 aromatic heterocycles. The number of hydrogen-bond donors (Lipinski definition) is 0. The van der Waals surface area contributed by atoms with Gasteiger partial charge in [-0.15, -0.1) is 0 Å². The van der Waals surface area contributed by atoms with Crippen molar-refractivity contribution in [3.63, 3.8) is 0 Å². The summed E-state index contributed by atoms with van der Waals surface area (Å²) >= 11 is 0. The smallest absolute Gasteiger partial charge is 0.267 e. The molecule has 3 aromatic rings. The van der Waals surface area contributed by atoms with Crippen LogP contribution in [0.5, 0.6) is 0 Å². The minimum absolute atomic E-state index is 0.112. The van der Waals surface area contributed by atoms with Gasteiger partial charge in [-0.1, -0.05) is 53.7 Å². The van der Waals surface area contributed by atoms with Crippen molar-refractivity contribution in [2.24, 2.45) is 5.16 Å². The standard InChI is InChI=1S/C25H27N3O3/c1-2-28(24-9-5-7-21-6-3-4-8-23(21)24)25(29)19-31-26-18-20-10-12-22(13-11-20)27-14-16-30-17-15-27/h3-13,18H,2,14-17,19H2,1H3/b26-18+. The molecule has 160 valence electrons. The highest BCUT2D eigenvalue weighted by atomic mass is 16.6. The number of likely N-dealkylation sites (N-methyl/N-ethyl adjacent to an activating group) is 1. The van der Waals surface area contributed by atoms with E-state index >= 15 is 0 Å². The maximum Gasteiger partial charge on any atom is 0.267 e. The SMILES string of the molecule is CCN(C(=O)CO/N=C/c1ccc(N2CCOCC2)cc1)c1cccc2ccccc12. The Morgan fingerprint density at radius 1 is 1.06 bits per heavy atom. The highest BCUT2D eigenvalue weighted by Crippen LogP contribution is 2.26. The molecule has 0 spiro atoms. The van der Waals surface area contributed by atoms with Crippen LogP contribution in [0.4, 0.5) is 11.4 Å². The molecule has 1 saturated heterocycles. The van der Waals surface area contributed by atoms with Crippen molar-refractivity contribution in [3.8, 4) is 0 Å². The quantitative estimate of drug-likeness (QED) is 0.429. The van der Waals surface area contributed by atoms with E-state index in [1.807, 2.05) is 61.5 Å². The Balaban J connectivity index is 1.35. The maximum atomic E-state index is 12.8. The zero-order valence-electron chi connectivity index (χ0n) is 17.7. The van der Waals surface area contributed by atoms with Crippen molar-refractivity contribution in [2.75, 3.05) is 49.3 Å². The Bertz CT molecular complexity index is 1040. The molecular formula is C25H27N3O3. The third-order valence-corrected chi connectivity index (χ3v) is 5.41. The molecule has 0 N–H and O–H groups in total. The van der Waals surface area contributed by atoms with E-state index < -0.39 is 0 Å². The summed E-state index contributed by atoms with van der Waals surface area (Å²) in [4.78, 5) is 22.1. The van der Waals surface area contributed by atoms with E-state index in [-0.39, 0.29) is 12.5 Å². The van der Waals surface area contributed by atoms with Crippen LogP contribution >= 0.6 is 0 Å². The second-order valence-corrected chi connectivity index (χ2v) is 7.34. The molecule has 0 unspecified atom stereocenters. The summed E-state index contributed by atoms with van der Waals surface area (Å²) in [5.74, 6) is -0.126. The normalized spacial score (nSPS) is 14.2. The lowest BCUT2D eigenvalue weighted by Gasteiger charge is -2.28. The van der Waals surface area contributed by atoms with Gasteiger partial charge in [0.25, 0.3) is 5.91 Å². The average molecular weight is 418 g/mol. The number of benzene rings is 3. The molecule has 0 aliphatic carbocycles. The van der Waals surface area contributed by atoms with Gasteiger partial charge in [-0.2, -0.15) is 0 Å². The number of oxime groups is 1. The first-order valence-corrected chi connectivity index (χ1v) is 10.6. The summed E-state index contributed by atoms with van der Waals surface area (Å²) in [7, 11) is 0. The van der Waals surface area contributed by atoms with Crippen LogP contribution in [0.25, 0.3) is 10.8 Å². The number of amides is 1. The van der Waals surface area contributed by atoms with Crippen LogP contribution in [-0.2, 0) is 14.4 Å². The molecule has 1 amide bonds. The van der Waals surface area contributed by atoms with Crippen LogP contribution in [0.3, 0.4) is 0 Å². The van der Waals surface area contributed by atoms with E-state index in [0.29, 0.717) is 6.54 Å². The molecular weight excluding hydrogens is 390 g/mol. The summed E-state index contributed by atoms with van der Waals surface area (Å²) in [5, 5.41) is 6.14. The molecule has 6 nitrogen and oxygen atoms in total. The Kier molecular flexibility index (Phi) is 6.79. The van der Waals surface area contributed by atoms with Crippen molar-refractivity contribution < 1.29 is 14.4 Å². The minimum Gasteiger partial charge on any atom is -0.386 e. The first-order valence-electron chi connectivity index (χ1n) is 10.6. The number of hydrogen-bond acceptors (Lipinski definition) is 5. The van der Waals surface area contributed by atoms with Crippen molar-refractivity contribution in [3.05, 3.63) is 72.3 Å². The summed E-state index contributed by atoms with van der Waals surface area (Å²) in [6, 6.07) is 22.1. The highest BCUT2D eigenvalue weighted by molar-refractivity contribution is 6.04. The largest absolute Gasteiger partial charge is 0.386 e. The zero-order valence-corrected chi connectivity index (χ0v) is 17.7. The highest BCUT2D eigenvalue weighted by Gasteiger charge is 2.16. The van der Waals surface area contributed by atoms with Gasteiger partial charge in [-0.05, 0) is 36.1 Å². The fourth-order valence-electron chi connectivity index (χ4n) is 3.79. The summed E-state index contributed by atoms with van der Waals surface area (Å²) in [5.41, 5.74) is 2.98. The Hall–Kier alpha value is -3.38. The van der Waals surface area contributed by atoms with Crippen LogP contribution in [0, 0.1) is 0 Å². The van der Waals surface area contributed by atoms with Gasteiger partial charge in [0.1, 0.15) is 0 Å². The zero-order chi connectivity index (χ0) is 21.5. The first-order chi connectivity index (χ1) is 15.3. The minimum atomic E-state index is -0.126. The topological polar surface area (TPSA) is 54.4 Å². The summed E-state index contributed by atoms with van der Waals surface area (Å²) in [6.45, 7) is 5.74.